The van der Waals surface area contributed by atoms with Crippen LogP contribution in [0.15, 0.2) is 59.3 Å². The van der Waals surface area contributed by atoms with Gasteiger partial charge in [0.05, 0.1) is 5.69 Å². The summed E-state index contributed by atoms with van der Waals surface area (Å²) in [5.41, 5.74) is 1.22. The zero-order valence-corrected chi connectivity index (χ0v) is 16.1. The Morgan fingerprint density at radius 1 is 0.931 bits per heavy atom. The highest BCUT2D eigenvalue weighted by molar-refractivity contribution is 6.53. The summed E-state index contributed by atoms with van der Waals surface area (Å²) in [6, 6.07) is 11.6. The van der Waals surface area contributed by atoms with Crippen LogP contribution >= 0.6 is 11.6 Å². The van der Waals surface area contributed by atoms with Crippen LogP contribution in [-0.4, -0.2) is 35.7 Å². The van der Waals surface area contributed by atoms with Crippen molar-refractivity contribution >= 4 is 40.7 Å². The summed E-state index contributed by atoms with van der Waals surface area (Å²) in [5, 5.41) is 2.60. The molecule has 0 bridgehead atoms. The molecule has 0 radical (unpaired) electrons. The molecule has 0 aromatic heterocycles. The molecule has 2 aromatic rings. The third-order valence-corrected chi connectivity index (χ3v) is 5.26. The lowest BCUT2D eigenvalue weighted by atomic mass is 10.2. The molecule has 0 atom stereocenters. The highest BCUT2D eigenvalue weighted by Gasteiger charge is 2.39. The smallest absolute Gasteiger partial charge is 0.283 e. The Bertz CT molecular complexity index is 1010. The second kappa shape index (κ2) is 7.67. The molecule has 1 saturated heterocycles. The lowest BCUT2D eigenvalue weighted by Gasteiger charge is -2.16. The fourth-order valence-corrected chi connectivity index (χ4v) is 3.59. The van der Waals surface area contributed by atoms with Crippen LogP contribution in [0.4, 0.5) is 15.8 Å². The van der Waals surface area contributed by atoms with Gasteiger partial charge < -0.3 is 10.2 Å². The van der Waals surface area contributed by atoms with Gasteiger partial charge >= 0.3 is 0 Å². The number of carbonyl (C=O) groups excluding carboxylic acids is 3. The first-order valence-electron chi connectivity index (χ1n) is 9.16. The molecule has 8 heteroatoms. The van der Waals surface area contributed by atoms with E-state index in [9.17, 15) is 18.8 Å². The van der Waals surface area contributed by atoms with Crippen LogP contribution in [0.2, 0.25) is 0 Å². The molecule has 1 N–H and O–H groups in total. The number of hydrogen-bond donors (Lipinski definition) is 1. The van der Waals surface area contributed by atoms with Gasteiger partial charge in [-0.05, 0) is 61.4 Å². The molecule has 148 valence electrons. The summed E-state index contributed by atoms with van der Waals surface area (Å²) < 4.78 is 13.1. The molecule has 2 aliphatic rings. The zero-order chi connectivity index (χ0) is 20.5. The highest BCUT2D eigenvalue weighted by atomic mass is 35.5. The van der Waals surface area contributed by atoms with Crippen LogP contribution in [0.3, 0.4) is 0 Å². The molecule has 0 saturated carbocycles. The number of carbonyl (C=O) groups is 3. The molecule has 2 aliphatic heterocycles. The predicted octanol–water partition coefficient (Wildman–Crippen LogP) is 3.50. The number of imide groups is 1. The maximum atomic E-state index is 13.1. The van der Waals surface area contributed by atoms with E-state index in [0.29, 0.717) is 11.3 Å². The first kappa shape index (κ1) is 19.1. The van der Waals surface area contributed by atoms with Crippen LogP contribution in [0.25, 0.3) is 0 Å². The lowest BCUT2D eigenvalue weighted by Crippen LogP contribution is -2.32. The molecule has 0 aliphatic carbocycles. The molecule has 0 unspecified atom stereocenters. The van der Waals surface area contributed by atoms with Gasteiger partial charge in [0.1, 0.15) is 16.5 Å². The van der Waals surface area contributed by atoms with Crippen LogP contribution in [-0.2, 0) is 9.59 Å². The van der Waals surface area contributed by atoms with E-state index in [2.05, 4.69) is 5.32 Å². The van der Waals surface area contributed by atoms with Gasteiger partial charge in [-0.3, -0.25) is 14.4 Å². The first-order chi connectivity index (χ1) is 14.0. The van der Waals surface area contributed by atoms with E-state index in [-0.39, 0.29) is 22.3 Å². The number of anilines is 2. The molecule has 29 heavy (non-hydrogen) atoms. The van der Waals surface area contributed by atoms with Crippen LogP contribution in [0.5, 0.6) is 0 Å². The van der Waals surface area contributed by atoms with Gasteiger partial charge in [0.15, 0.2) is 0 Å². The van der Waals surface area contributed by atoms with Crippen LogP contribution < -0.4 is 10.2 Å². The third-order valence-electron chi connectivity index (χ3n) is 4.91. The number of likely N-dealkylation sites (tertiary alicyclic amines) is 1. The number of nitrogens with zero attached hydrogens (tertiary/aromatic N) is 2. The molecular weight excluding hydrogens is 397 g/mol. The first-order valence-corrected chi connectivity index (χ1v) is 9.54. The Labute approximate surface area is 171 Å². The maximum Gasteiger partial charge on any atom is 0.283 e. The van der Waals surface area contributed by atoms with E-state index in [0.717, 1.165) is 43.0 Å². The quantitative estimate of drug-likeness (QED) is 0.779. The predicted molar refractivity (Wildman–Crippen MR) is 107 cm³/mol. The minimum absolute atomic E-state index is 0.0269. The standard InChI is InChI=1S/C21H17ClFN3O3/c22-17-18(21(29)26(20(17)28)16-9-5-14(23)6-10-16)24-15-7-3-13(4-8-15)19(27)25-11-1-2-12-25/h3-10,24H,1-2,11-12H2. The van der Waals surface area contributed by atoms with E-state index in [1.807, 2.05) is 4.90 Å². The van der Waals surface area contributed by atoms with Crippen LogP contribution in [0, 0.1) is 5.82 Å². The fraction of sp³-hybridized carbons (Fsp3) is 0.190. The van der Waals surface area contributed by atoms with Gasteiger partial charge in [-0.2, -0.15) is 0 Å². The summed E-state index contributed by atoms with van der Waals surface area (Å²) in [6.45, 7) is 1.52. The molecule has 1 fully saturated rings. The van der Waals surface area contributed by atoms with Gasteiger partial charge in [-0.1, -0.05) is 11.6 Å². The Kier molecular flexibility index (Phi) is 5.07. The van der Waals surface area contributed by atoms with Crippen molar-refractivity contribution in [2.24, 2.45) is 0 Å². The molecule has 6 nitrogen and oxygen atoms in total. The minimum Gasteiger partial charge on any atom is -0.350 e. The average Bonchev–Trinajstić information content (AvgIpc) is 3.33. The van der Waals surface area contributed by atoms with E-state index in [1.165, 1.54) is 12.1 Å². The van der Waals surface area contributed by atoms with Crippen molar-refractivity contribution in [3.63, 3.8) is 0 Å². The van der Waals surface area contributed by atoms with E-state index >= 15 is 0 Å². The zero-order valence-electron chi connectivity index (χ0n) is 15.3. The van der Waals surface area contributed by atoms with Crippen molar-refractivity contribution in [1.29, 1.82) is 0 Å². The largest absolute Gasteiger partial charge is 0.350 e. The summed E-state index contributed by atoms with van der Waals surface area (Å²) in [7, 11) is 0. The topological polar surface area (TPSA) is 69.7 Å². The number of nitrogens with one attached hydrogen (secondary N) is 1. The van der Waals surface area contributed by atoms with Crippen molar-refractivity contribution in [3.8, 4) is 0 Å². The normalized spacial score (nSPS) is 16.8. The van der Waals surface area contributed by atoms with Gasteiger partial charge in [0, 0.05) is 24.3 Å². The van der Waals surface area contributed by atoms with Crippen molar-refractivity contribution in [1.82, 2.24) is 4.90 Å². The van der Waals surface area contributed by atoms with Crippen LogP contribution in [0.1, 0.15) is 23.2 Å². The molecule has 4 rings (SSSR count). The molecule has 0 spiro atoms. The molecular formula is C21H17ClFN3O3. The number of benzene rings is 2. The van der Waals surface area contributed by atoms with Gasteiger partial charge in [0.2, 0.25) is 0 Å². The SMILES string of the molecule is O=C(c1ccc(NC2=C(Cl)C(=O)N(c3ccc(F)cc3)C2=O)cc1)N1CCCC1. The average molecular weight is 414 g/mol. The Morgan fingerprint density at radius 3 is 2.17 bits per heavy atom. The monoisotopic (exact) mass is 413 g/mol. The summed E-state index contributed by atoms with van der Waals surface area (Å²) in [4.78, 5) is 40.2. The minimum atomic E-state index is -0.688. The van der Waals surface area contributed by atoms with E-state index in [4.69, 9.17) is 11.6 Å². The van der Waals surface area contributed by atoms with Gasteiger partial charge in [-0.15, -0.1) is 0 Å². The molecule has 2 aromatic carbocycles. The number of amides is 3. The van der Waals surface area contributed by atoms with Gasteiger partial charge in [-0.25, -0.2) is 9.29 Å². The summed E-state index contributed by atoms with van der Waals surface area (Å²) in [5.74, 6) is -1.83. The molecule has 3 amide bonds. The van der Waals surface area contributed by atoms with E-state index < -0.39 is 17.6 Å². The van der Waals surface area contributed by atoms with Crippen molar-refractivity contribution in [2.45, 2.75) is 12.8 Å². The van der Waals surface area contributed by atoms with Crippen molar-refractivity contribution in [2.75, 3.05) is 23.3 Å². The third kappa shape index (κ3) is 3.61. The Morgan fingerprint density at radius 2 is 1.55 bits per heavy atom. The summed E-state index contributed by atoms with van der Waals surface area (Å²) in [6.07, 6.45) is 2.03. The van der Waals surface area contributed by atoms with Crippen molar-refractivity contribution < 1.29 is 18.8 Å². The summed E-state index contributed by atoms with van der Waals surface area (Å²) >= 11 is 6.09. The number of halogens is 2. The highest BCUT2D eigenvalue weighted by Crippen LogP contribution is 2.30. The van der Waals surface area contributed by atoms with Gasteiger partial charge in [0.25, 0.3) is 17.7 Å². The number of hydrogen-bond acceptors (Lipinski definition) is 4. The Hall–Kier alpha value is -3.19. The fourth-order valence-electron chi connectivity index (χ4n) is 3.38. The Balaban J connectivity index is 1.51. The molecule has 2 heterocycles. The van der Waals surface area contributed by atoms with Crippen molar-refractivity contribution in [3.05, 3.63) is 70.6 Å². The maximum absolute atomic E-state index is 13.1. The van der Waals surface area contributed by atoms with E-state index in [1.54, 1.807) is 24.3 Å². The lowest BCUT2D eigenvalue weighted by molar-refractivity contribution is -0.120. The second-order valence-corrected chi connectivity index (χ2v) is 7.19. The second-order valence-electron chi connectivity index (χ2n) is 6.81. The number of rotatable bonds is 4.